The van der Waals surface area contributed by atoms with Crippen molar-refractivity contribution in [2.24, 2.45) is 0 Å². The molecule has 1 saturated heterocycles. The lowest BCUT2D eigenvalue weighted by molar-refractivity contribution is -0.137. The number of carbonyl (C=O) groups excluding carboxylic acids is 1. The Morgan fingerprint density at radius 3 is 2.80 bits per heavy atom. The predicted octanol–water partition coefficient (Wildman–Crippen LogP) is 2.01. The minimum Gasteiger partial charge on any atom is -0.481 e. The van der Waals surface area contributed by atoms with Crippen LogP contribution in [-0.2, 0) is 9.59 Å². The monoisotopic (exact) mass is 284 g/mol. The van der Waals surface area contributed by atoms with Crippen LogP contribution < -0.4 is 5.32 Å². The van der Waals surface area contributed by atoms with Crippen molar-refractivity contribution in [1.29, 1.82) is 0 Å². The molecule has 2 N–H and O–H groups in total. The van der Waals surface area contributed by atoms with Crippen molar-refractivity contribution in [2.75, 3.05) is 13.1 Å². The molecule has 2 unspecified atom stereocenters. The minimum absolute atomic E-state index is 0.0701. The molecular formula is C15H28N2O3. The zero-order chi connectivity index (χ0) is 15.0. The van der Waals surface area contributed by atoms with Crippen molar-refractivity contribution in [2.45, 2.75) is 70.9 Å². The van der Waals surface area contributed by atoms with Crippen LogP contribution in [0.1, 0.15) is 58.8 Å². The standard InChI is InChI=1S/C15H28N2O3/c1-3-4-10-16-15(20)12(2)17-11-6-5-7-13(17)8-9-14(18)19/h12-13H,3-11H2,1-2H3,(H,16,20)(H,18,19). The van der Waals surface area contributed by atoms with Crippen LogP contribution in [-0.4, -0.2) is 47.1 Å². The smallest absolute Gasteiger partial charge is 0.303 e. The number of hydrogen-bond donors (Lipinski definition) is 2. The number of carboxylic acid groups (broad SMARTS) is 1. The molecular weight excluding hydrogens is 256 g/mol. The lowest BCUT2D eigenvalue weighted by atomic mass is 9.96. The van der Waals surface area contributed by atoms with Gasteiger partial charge in [-0.1, -0.05) is 19.8 Å². The summed E-state index contributed by atoms with van der Waals surface area (Å²) in [4.78, 5) is 25.0. The van der Waals surface area contributed by atoms with Gasteiger partial charge in [-0.3, -0.25) is 14.5 Å². The molecule has 116 valence electrons. The number of piperidine rings is 1. The van der Waals surface area contributed by atoms with Gasteiger partial charge in [-0.25, -0.2) is 0 Å². The summed E-state index contributed by atoms with van der Waals surface area (Å²) in [5.41, 5.74) is 0. The number of aliphatic carboxylic acids is 1. The van der Waals surface area contributed by atoms with E-state index in [-0.39, 0.29) is 24.4 Å². The van der Waals surface area contributed by atoms with Gasteiger partial charge in [0.25, 0.3) is 0 Å². The molecule has 0 aromatic carbocycles. The van der Waals surface area contributed by atoms with Crippen LogP contribution in [0.15, 0.2) is 0 Å². The quantitative estimate of drug-likeness (QED) is 0.669. The molecule has 1 aliphatic heterocycles. The topological polar surface area (TPSA) is 69.6 Å². The first-order valence-corrected chi connectivity index (χ1v) is 7.81. The molecule has 1 amide bonds. The molecule has 0 saturated carbocycles. The molecule has 0 aromatic heterocycles. The highest BCUT2D eigenvalue weighted by molar-refractivity contribution is 5.81. The van der Waals surface area contributed by atoms with Gasteiger partial charge in [0.2, 0.25) is 5.91 Å². The molecule has 1 aliphatic rings. The van der Waals surface area contributed by atoms with Gasteiger partial charge in [-0.15, -0.1) is 0 Å². The van der Waals surface area contributed by atoms with Gasteiger partial charge in [0, 0.05) is 19.0 Å². The number of nitrogens with one attached hydrogen (secondary N) is 1. The predicted molar refractivity (Wildman–Crippen MR) is 78.6 cm³/mol. The number of carboxylic acids is 1. The minimum atomic E-state index is -0.754. The number of amides is 1. The Kier molecular flexibility index (Phi) is 7.59. The van der Waals surface area contributed by atoms with E-state index in [2.05, 4.69) is 17.1 Å². The molecule has 1 fully saturated rings. The Hall–Kier alpha value is -1.10. The second-order valence-electron chi connectivity index (χ2n) is 5.64. The third kappa shape index (κ3) is 5.49. The summed E-state index contributed by atoms with van der Waals surface area (Å²) >= 11 is 0. The van der Waals surface area contributed by atoms with Gasteiger partial charge in [0.05, 0.1) is 6.04 Å². The average Bonchev–Trinajstić information content (AvgIpc) is 2.44. The van der Waals surface area contributed by atoms with Gasteiger partial charge < -0.3 is 10.4 Å². The zero-order valence-corrected chi connectivity index (χ0v) is 12.7. The van der Waals surface area contributed by atoms with E-state index in [1.807, 2.05) is 6.92 Å². The fourth-order valence-electron chi connectivity index (χ4n) is 2.82. The summed E-state index contributed by atoms with van der Waals surface area (Å²) in [6.45, 7) is 5.66. The van der Waals surface area contributed by atoms with Crippen LogP contribution in [0.25, 0.3) is 0 Å². The summed E-state index contributed by atoms with van der Waals surface area (Å²) in [5.74, 6) is -0.684. The van der Waals surface area contributed by atoms with Crippen LogP contribution in [0.3, 0.4) is 0 Å². The van der Waals surface area contributed by atoms with Gasteiger partial charge in [-0.2, -0.15) is 0 Å². The highest BCUT2D eigenvalue weighted by Gasteiger charge is 2.30. The third-order valence-electron chi connectivity index (χ3n) is 4.07. The number of rotatable bonds is 8. The summed E-state index contributed by atoms with van der Waals surface area (Å²) < 4.78 is 0. The molecule has 20 heavy (non-hydrogen) atoms. The fourth-order valence-corrected chi connectivity index (χ4v) is 2.82. The van der Waals surface area contributed by atoms with E-state index in [1.54, 1.807) is 0 Å². The first-order chi connectivity index (χ1) is 9.56. The van der Waals surface area contributed by atoms with Crippen molar-refractivity contribution in [3.05, 3.63) is 0 Å². The first-order valence-electron chi connectivity index (χ1n) is 7.81. The molecule has 0 radical (unpaired) electrons. The van der Waals surface area contributed by atoms with Crippen LogP contribution >= 0.6 is 0 Å². The van der Waals surface area contributed by atoms with Gasteiger partial charge >= 0.3 is 5.97 Å². The number of hydrogen-bond acceptors (Lipinski definition) is 3. The molecule has 0 aliphatic carbocycles. The largest absolute Gasteiger partial charge is 0.481 e. The van der Waals surface area contributed by atoms with Crippen molar-refractivity contribution in [1.82, 2.24) is 10.2 Å². The lowest BCUT2D eigenvalue weighted by Gasteiger charge is -2.39. The van der Waals surface area contributed by atoms with E-state index >= 15 is 0 Å². The van der Waals surface area contributed by atoms with E-state index in [9.17, 15) is 9.59 Å². The molecule has 1 rings (SSSR count). The maximum atomic E-state index is 12.1. The van der Waals surface area contributed by atoms with Gasteiger partial charge in [-0.05, 0) is 39.2 Å². The van der Waals surface area contributed by atoms with Crippen LogP contribution in [0.2, 0.25) is 0 Å². The molecule has 0 aromatic rings. The Balaban J connectivity index is 2.50. The number of nitrogens with zero attached hydrogens (tertiary/aromatic N) is 1. The van der Waals surface area contributed by atoms with E-state index in [1.165, 1.54) is 0 Å². The number of carbonyl (C=O) groups is 2. The number of unbranched alkanes of at least 4 members (excludes halogenated alkanes) is 1. The van der Waals surface area contributed by atoms with Crippen molar-refractivity contribution < 1.29 is 14.7 Å². The fraction of sp³-hybridized carbons (Fsp3) is 0.867. The summed E-state index contributed by atoms with van der Waals surface area (Å²) in [5, 5.41) is 11.8. The molecule has 0 spiro atoms. The molecule has 0 bridgehead atoms. The van der Waals surface area contributed by atoms with E-state index in [4.69, 9.17) is 5.11 Å². The third-order valence-corrected chi connectivity index (χ3v) is 4.07. The Labute approximate surface area is 121 Å². The highest BCUT2D eigenvalue weighted by atomic mass is 16.4. The molecule has 5 heteroatoms. The van der Waals surface area contributed by atoms with Crippen molar-refractivity contribution >= 4 is 11.9 Å². The Morgan fingerprint density at radius 1 is 1.40 bits per heavy atom. The summed E-state index contributed by atoms with van der Waals surface area (Å²) in [7, 11) is 0. The van der Waals surface area contributed by atoms with Crippen molar-refractivity contribution in [3.8, 4) is 0 Å². The van der Waals surface area contributed by atoms with Crippen LogP contribution in [0, 0.1) is 0 Å². The van der Waals surface area contributed by atoms with Gasteiger partial charge in [0.15, 0.2) is 0 Å². The van der Waals surface area contributed by atoms with E-state index < -0.39 is 5.97 Å². The Bertz CT molecular complexity index is 320. The zero-order valence-electron chi connectivity index (χ0n) is 12.7. The Morgan fingerprint density at radius 2 is 2.15 bits per heavy atom. The highest BCUT2D eigenvalue weighted by Crippen LogP contribution is 2.23. The summed E-state index contributed by atoms with van der Waals surface area (Å²) in [6.07, 6.45) is 6.12. The van der Waals surface area contributed by atoms with Gasteiger partial charge in [0.1, 0.15) is 0 Å². The van der Waals surface area contributed by atoms with Crippen molar-refractivity contribution in [3.63, 3.8) is 0 Å². The van der Waals surface area contributed by atoms with E-state index in [0.29, 0.717) is 6.42 Å². The maximum Gasteiger partial charge on any atom is 0.303 e. The molecule has 2 atom stereocenters. The van der Waals surface area contributed by atoms with Crippen LogP contribution in [0.5, 0.6) is 0 Å². The summed E-state index contributed by atoms with van der Waals surface area (Å²) in [6, 6.07) is 0.0673. The average molecular weight is 284 g/mol. The number of likely N-dealkylation sites (tertiary alicyclic amines) is 1. The second-order valence-corrected chi connectivity index (χ2v) is 5.64. The lowest BCUT2D eigenvalue weighted by Crippen LogP contribution is -2.51. The molecule has 5 nitrogen and oxygen atoms in total. The maximum absolute atomic E-state index is 12.1. The van der Waals surface area contributed by atoms with E-state index in [0.717, 1.165) is 45.2 Å². The normalized spacial score (nSPS) is 21.4. The first kappa shape index (κ1) is 17.0. The SMILES string of the molecule is CCCCNC(=O)C(C)N1CCCCC1CCC(=O)O. The molecule has 1 heterocycles. The van der Waals surface area contributed by atoms with Crippen LogP contribution in [0.4, 0.5) is 0 Å². The second kappa shape index (κ2) is 8.95.